The van der Waals surface area contributed by atoms with Gasteiger partial charge < -0.3 is 27.9 Å². The lowest BCUT2D eigenvalue weighted by Crippen LogP contribution is -2.37. The van der Waals surface area contributed by atoms with E-state index in [-0.39, 0.29) is 25.8 Å². The summed E-state index contributed by atoms with van der Waals surface area (Å²) in [5.41, 5.74) is 0. The normalized spacial score (nSPS) is 14.1. The van der Waals surface area contributed by atoms with Crippen LogP contribution in [0.25, 0.3) is 0 Å². The molecule has 0 bridgehead atoms. The summed E-state index contributed by atoms with van der Waals surface area (Å²) in [6.45, 7) is 5.25. The predicted molar refractivity (Wildman–Crippen MR) is 240 cm³/mol. The number of carbonyl (C=O) groups excluding carboxylic acids is 1. The molecule has 0 aromatic carbocycles. The van der Waals surface area contributed by atoms with Gasteiger partial charge in [0.1, 0.15) is 19.3 Å². The van der Waals surface area contributed by atoms with Crippen LogP contribution >= 0.6 is 7.82 Å². The zero-order valence-corrected chi connectivity index (χ0v) is 38.7. The number of hydrogen-bond acceptors (Lipinski definition) is 7. The molecule has 0 fully saturated rings. The number of quaternary nitrogens is 1. The Hall–Kier alpha value is -1.54. The average molecular weight is 824 g/mol. The first-order valence-electron chi connectivity index (χ1n) is 23.4. The molecule has 0 spiro atoms. The zero-order chi connectivity index (χ0) is 42.0. The van der Waals surface area contributed by atoms with Crippen molar-refractivity contribution in [1.29, 1.82) is 0 Å². The number of allylic oxidation sites excluding steroid dienone is 8. The Bertz CT molecular complexity index is 1050. The minimum atomic E-state index is -4.53. The van der Waals surface area contributed by atoms with Crippen LogP contribution in [0.4, 0.5) is 0 Å². The van der Waals surface area contributed by atoms with Crippen molar-refractivity contribution in [3.05, 3.63) is 48.6 Å². The number of rotatable bonds is 43. The zero-order valence-electron chi connectivity index (χ0n) is 37.8. The fraction of sp³-hybridized carbons (Fsp3) is 0.812. The van der Waals surface area contributed by atoms with Gasteiger partial charge in [-0.15, -0.1) is 0 Å². The summed E-state index contributed by atoms with van der Waals surface area (Å²) in [5, 5.41) is 0. The van der Waals surface area contributed by atoms with Gasteiger partial charge in [0.2, 0.25) is 0 Å². The molecule has 2 atom stereocenters. The molecule has 0 radical (unpaired) electrons. The van der Waals surface area contributed by atoms with E-state index in [9.17, 15) is 14.3 Å². The molecule has 2 unspecified atom stereocenters. The summed E-state index contributed by atoms with van der Waals surface area (Å²) in [7, 11) is 1.34. The highest BCUT2D eigenvalue weighted by Gasteiger charge is 2.20. The van der Waals surface area contributed by atoms with Gasteiger partial charge in [-0.3, -0.25) is 9.36 Å². The predicted octanol–water partition coefficient (Wildman–Crippen LogP) is 13.3. The summed E-state index contributed by atoms with van der Waals surface area (Å²) in [6, 6.07) is 0. The highest BCUT2D eigenvalue weighted by molar-refractivity contribution is 7.45. The van der Waals surface area contributed by atoms with E-state index >= 15 is 0 Å². The lowest BCUT2D eigenvalue weighted by molar-refractivity contribution is -0.870. The van der Waals surface area contributed by atoms with E-state index in [1.807, 2.05) is 21.1 Å². The molecule has 0 rings (SSSR count). The van der Waals surface area contributed by atoms with Gasteiger partial charge in [-0.2, -0.15) is 0 Å². The fourth-order valence-corrected chi connectivity index (χ4v) is 6.99. The van der Waals surface area contributed by atoms with Gasteiger partial charge in [-0.05, 0) is 70.6 Å². The maximum atomic E-state index is 12.7. The molecule has 0 aromatic rings. The third-order valence-electron chi connectivity index (χ3n) is 9.86. The second kappa shape index (κ2) is 41.2. The van der Waals surface area contributed by atoms with E-state index in [4.69, 9.17) is 18.5 Å². The summed E-state index contributed by atoms with van der Waals surface area (Å²) < 4.78 is 34.6. The van der Waals surface area contributed by atoms with Crippen molar-refractivity contribution < 1.29 is 37.3 Å². The molecule has 0 aliphatic heterocycles. The van der Waals surface area contributed by atoms with Crippen molar-refractivity contribution in [3.63, 3.8) is 0 Å². The van der Waals surface area contributed by atoms with Crippen LogP contribution in [0.2, 0.25) is 0 Å². The van der Waals surface area contributed by atoms with Crippen LogP contribution in [0.5, 0.6) is 0 Å². The van der Waals surface area contributed by atoms with Gasteiger partial charge in [0.05, 0.1) is 34.4 Å². The van der Waals surface area contributed by atoms with E-state index in [2.05, 4.69) is 62.5 Å². The van der Waals surface area contributed by atoms with Crippen molar-refractivity contribution in [2.24, 2.45) is 0 Å². The number of likely N-dealkylation sites (N-methyl/N-ethyl adjacent to an activating group) is 1. The highest BCUT2D eigenvalue weighted by atomic mass is 31.2. The first kappa shape index (κ1) is 55.5. The molecule has 9 heteroatoms. The van der Waals surface area contributed by atoms with Crippen molar-refractivity contribution in [2.75, 3.05) is 54.1 Å². The molecular weight excluding hydrogens is 734 g/mol. The Labute approximate surface area is 352 Å². The first-order chi connectivity index (χ1) is 27.6. The maximum Gasteiger partial charge on any atom is 0.306 e. The fourth-order valence-electron chi connectivity index (χ4n) is 6.26. The lowest BCUT2D eigenvalue weighted by Gasteiger charge is -2.28. The largest absolute Gasteiger partial charge is 0.756 e. The Morgan fingerprint density at radius 2 is 1.02 bits per heavy atom. The molecule has 0 heterocycles. The number of phosphoric ester groups is 1. The van der Waals surface area contributed by atoms with Crippen LogP contribution < -0.4 is 4.89 Å². The number of esters is 1. The van der Waals surface area contributed by atoms with Gasteiger partial charge in [-0.1, -0.05) is 165 Å². The summed E-state index contributed by atoms with van der Waals surface area (Å²) in [6.07, 6.45) is 49.9. The Morgan fingerprint density at radius 1 is 0.561 bits per heavy atom. The van der Waals surface area contributed by atoms with Gasteiger partial charge >= 0.3 is 5.97 Å². The van der Waals surface area contributed by atoms with Gasteiger partial charge in [0.25, 0.3) is 7.82 Å². The third kappa shape index (κ3) is 45.4. The molecular formula is C48H90NO7P. The van der Waals surface area contributed by atoms with E-state index in [0.29, 0.717) is 24.1 Å². The van der Waals surface area contributed by atoms with E-state index in [0.717, 1.165) is 70.6 Å². The van der Waals surface area contributed by atoms with Crippen LogP contribution in [0.3, 0.4) is 0 Å². The molecule has 0 aromatic heterocycles. The second-order valence-corrected chi connectivity index (χ2v) is 18.1. The molecule has 0 N–H and O–H groups in total. The van der Waals surface area contributed by atoms with E-state index in [1.165, 1.54) is 103 Å². The highest BCUT2D eigenvalue weighted by Crippen LogP contribution is 2.38. The van der Waals surface area contributed by atoms with Crippen molar-refractivity contribution in [2.45, 2.75) is 200 Å². The van der Waals surface area contributed by atoms with Crippen LogP contribution in [0.15, 0.2) is 48.6 Å². The summed E-state index contributed by atoms with van der Waals surface area (Å²) in [4.78, 5) is 25.1. The minimum absolute atomic E-state index is 0.0199. The number of hydrogen-bond donors (Lipinski definition) is 0. The standard InChI is InChI=1S/C48H90NO7P/c1-6-8-10-12-14-16-18-20-22-23-24-25-26-27-28-29-31-33-35-37-39-41-48(50)56-47(46-55-57(51,52)54-44-42-49(3,4)5)45-53-43-40-38-36-34-32-30-21-19-17-15-13-11-9-7-2/h9,11,15,17,21,23-24,30,47H,6-8,10,12-14,16,18-20,22,25-29,31-46H2,1-5H3/b11-9-,17-15-,24-23-,30-21-. The first-order valence-corrected chi connectivity index (χ1v) is 24.8. The van der Waals surface area contributed by atoms with Crippen molar-refractivity contribution in [1.82, 2.24) is 0 Å². The van der Waals surface area contributed by atoms with Crippen LogP contribution in [0.1, 0.15) is 194 Å². The molecule has 0 aliphatic rings. The molecule has 0 saturated carbocycles. The molecule has 0 saturated heterocycles. The molecule has 0 aliphatic carbocycles. The number of phosphoric acid groups is 1. The van der Waals surface area contributed by atoms with Gasteiger partial charge in [0.15, 0.2) is 0 Å². The molecule has 57 heavy (non-hydrogen) atoms. The van der Waals surface area contributed by atoms with Gasteiger partial charge in [-0.25, -0.2) is 0 Å². The second-order valence-electron chi connectivity index (χ2n) is 16.7. The summed E-state index contributed by atoms with van der Waals surface area (Å²) in [5.74, 6) is -0.345. The smallest absolute Gasteiger partial charge is 0.306 e. The number of nitrogens with zero attached hydrogens (tertiary/aromatic N) is 1. The van der Waals surface area contributed by atoms with E-state index in [1.54, 1.807) is 0 Å². The maximum absolute atomic E-state index is 12.7. The summed E-state index contributed by atoms with van der Waals surface area (Å²) >= 11 is 0. The minimum Gasteiger partial charge on any atom is -0.756 e. The lowest BCUT2D eigenvalue weighted by atomic mass is 10.1. The SMILES string of the molecule is CC/C=C\C/C=C\C/C=C\CCCCCCOCC(COP(=O)([O-])OCC[N+](C)(C)C)OC(=O)CCCCCCCCCCC/C=C\CCCCCCCCCC. The Balaban J connectivity index is 4.19. The van der Waals surface area contributed by atoms with Gasteiger partial charge in [0, 0.05) is 13.0 Å². The average Bonchev–Trinajstić information content (AvgIpc) is 3.16. The molecule has 8 nitrogen and oxygen atoms in total. The van der Waals surface area contributed by atoms with Crippen molar-refractivity contribution >= 4 is 13.8 Å². The van der Waals surface area contributed by atoms with Crippen molar-refractivity contribution in [3.8, 4) is 0 Å². The van der Waals surface area contributed by atoms with E-state index < -0.39 is 13.9 Å². The third-order valence-corrected chi connectivity index (χ3v) is 10.8. The number of unbranched alkanes of at least 4 members (excludes halogenated alkanes) is 21. The Morgan fingerprint density at radius 3 is 1.54 bits per heavy atom. The quantitative estimate of drug-likeness (QED) is 0.0199. The number of ether oxygens (including phenoxy) is 2. The molecule has 334 valence electrons. The van der Waals surface area contributed by atoms with Crippen LogP contribution in [0, 0.1) is 0 Å². The Kier molecular flexibility index (Phi) is 40.1. The monoisotopic (exact) mass is 824 g/mol. The topological polar surface area (TPSA) is 94.1 Å². The molecule has 0 amide bonds. The number of carbonyl (C=O) groups is 1. The van der Waals surface area contributed by atoms with Crippen LogP contribution in [-0.2, 0) is 27.9 Å². The van der Waals surface area contributed by atoms with Crippen LogP contribution in [-0.4, -0.2) is 70.7 Å².